The number of hydrogen-bond donors (Lipinski definition) is 0. The molecule has 112 valence electrons. The van der Waals surface area contributed by atoms with Gasteiger partial charge in [-0.3, -0.25) is 0 Å². The van der Waals surface area contributed by atoms with Crippen molar-refractivity contribution in [2.75, 3.05) is 0 Å². The molecule has 4 radical (unpaired) electrons. The fourth-order valence-electron chi connectivity index (χ4n) is 0. The van der Waals surface area contributed by atoms with Crippen LogP contribution < -0.4 is 24.8 Å². The van der Waals surface area contributed by atoms with Crippen LogP contribution >= 0.6 is 0 Å². The van der Waals surface area contributed by atoms with Crippen LogP contribution in [0.15, 0.2) is 0 Å². The Morgan fingerprint density at radius 1 is 0.400 bits per heavy atom. The Kier molecular flexibility index (Phi) is 308. The van der Waals surface area contributed by atoms with Crippen LogP contribution in [-0.2, 0) is 22.7 Å². The van der Waals surface area contributed by atoms with Gasteiger partial charge in [-0.25, -0.2) is 0 Å². The van der Waals surface area contributed by atoms with E-state index in [0.717, 1.165) is 0 Å². The molecule has 0 N–H and O–H groups in total. The van der Waals surface area contributed by atoms with Gasteiger partial charge in [-0.1, -0.05) is 0 Å². The fraction of sp³-hybridized carbons (Fsp3) is 0. The summed E-state index contributed by atoms with van der Waals surface area (Å²) in [6, 6.07) is 0. The van der Waals surface area contributed by atoms with Crippen molar-refractivity contribution >= 4 is 145 Å². The summed E-state index contributed by atoms with van der Waals surface area (Å²) in [6.07, 6.45) is 0. The topological polar surface area (TPSA) is 241 Å². The normalized spacial score (nSPS) is 3.60. The van der Waals surface area contributed by atoms with Crippen molar-refractivity contribution in [3.05, 3.63) is 0 Å². The summed E-state index contributed by atoms with van der Waals surface area (Å²) >= 11 is -13.1. The van der Waals surface area contributed by atoms with Gasteiger partial charge in [0, 0.05) is 0 Å². The molecule has 0 aliphatic rings. The molecule has 0 aliphatic heterocycles. The smallest absolute Gasteiger partial charge is 3.00 e. The summed E-state index contributed by atoms with van der Waals surface area (Å²) < 4.78 is 102. The molecule has 0 aromatic rings. The molecule has 0 atom stereocenters. The van der Waals surface area contributed by atoms with Crippen LogP contribution in [0.25, 0.3) is 0 Å². The zero-order valence-corrected chi connectivity index (χ0v) is 29.8. The van der Waals surface area contributed by atoms with Crippen LogP contribution in [0.4, 0.5) is 0 Å². The van der Waals surface area contributed by atoms with Crippen molar-refractivity contribution in [2.24, 2.45) is 0 Å². The molecule has 0 bridgehead atoms. The molecule has 20 heavy (non-hydrogen) atoms. The molecule has 0 aromatic heterocycles. The number of rotatable bonds is 0. The summed E-state index contributed by atoms with van der Waals surface area (Å²) in [5, 5.41) is 0. The van der Waals surface area contributed by atoms with Gasteiger partial charge in [0.25, 0.3) is 0 Å². The van der Waals surface area contributed by atoms with E-state index >= 15 is 0 Å². The second kappa shape index (κ2) is 124. The van der Waals surface area contributed by atoms with Gasteiger partial charge in [-0.15, -0.1) is 0 Å². The van der Waals surface area contributed by atoms with Gasteiger partial charge in [-0.05, 0) is 0 Å². The van der Waals surface area contributed by atoms with Crippen LogP contribution in [0.1, 0.15) is 0 Å². The molecule has 0 aliphatic carbocycles. The predicted octanol–water partition coefficient (Wildman–Crippen LogP) is -12.5. The molecule has 12 nitrogen and oxygen atoms in total. The third-order valence-corrected chi connectivity index (χ3v) is 0. The van der Waals surface area contributed by atoms with Crippen LogP contribution in [-0.4, -0.2) is 145 Å². The first kappa shape index (κ1) is 49.5. The van der Waals surface area contributed by atoms with E-state index in [1.807, 2.05) is 0 Å². The summed E-state index contributed by atoms with van der Waals surface area (Å²) in [5.41, 5.74) is 0. The molecule has 0 fully saturated rings. The van der Waals surface area contributed by atoms with E-state index in [1.54, 1.807) is 0 Å². The zero-order chi connectivity index (χ0) is 16.2. The van der Waals surface area contributed by atoms with Crippen molar-refractivity contribution in [1.82, 2.24) is 0 Å². The van der Waals surface area contributed by atoms with E-state index in [-0.39, 0.29) is 50.6 Å². The maximum Gasteiger partial charge on any atom is 3.00 e. The average molecular weight is 964 g/mol. The Hall–Kier alpha value is 2.56. The largest absolute Gasteiger partial charge is 3.00 e. The summed E-state index contributed by atoms with van der Waals surface area (Å²) in [4.78, 5) is 0. The van der Waals surface area contributed by atoms with Crippen molar-refractivity contribution < 1.29 is 47.5 Å². The van der Waals surface area contributed by atoms with Gasteiger partial charge in [0.15, 0.2) is 0 Å². The Labute approximate surface area is 189 Å². The van der Waals surface area contributed by atoms with Gasteiger partial charge in [0.1, 0.15) is 0 Å². The summed E-state index contributed by atoms with van der Waals surface area (Å²) in [7, 11) is 0. The minimum atomic E-state index is -2.19. The zero-order valence-electron chi connectivity index (χ0n) is 9.26. The first-order valence-corrected chi connectivity index (χ1v) is 14.7. The first-order valence-electron chi connectivity index (χ1n) is 2.83. The van der Waals surface area contributed by atoms with E-state index in [0.29, 0.717) is 0 Å². The minimum Gasteiger partial charge on any atom is 3.00 e. The van der Waals surface area contributed by atoms with Crippen LogP contribution in [0.5, 0.6) is 0 Å². The molecule has 0 saturated carbocycles. The SMILES string of the molecule is [Bi+3].[O]=[GeH][O-].[O]=[GeH][O-].[O]=[GeH][O-].[O]=[GeH][O-].[O]=[GeH][O-].[O]=[GeH][O-].[Sb+3]. The van der Waals surface area contributed by atoms with Crippen LogP contribution in [0.3, 0.4) is 0 Å². The monoisotopic (exact) mass is 971 g/mol. The summed E-state index contributed by atoms with van der Waals surface area (Å²) in [5.74, 6) is 0. The average Bonchev–Trinajstić information content (AvgIpc) is 2.23. The number of hydrogen-bond acceptors (Lipinski definition) is 12. The van der Waals surface area contributed by atoms with E-state index in [2.05, 4.69) is 0 Å². The molecule has 0 spiro atoms. The molecule has 0 amide bonds. The Balaban J connectivity index is -0.0000000141. The quantitative estimate of drug-likeness (QED) is 0.206. The first-order chi connectivity index (χ1) is 8.49. The Morgan fingerprint density at radius 3 is 0.400 bits per heavy atom. The second-order valence-corrected chi connectivity index (χ2v) is 3.00. The van der Waals surface area contributed by atoms with Crippen LogP contribution in [0.2, 0.25) is 0 Å². The molecule has 0 unspecified atom stereocenters. The summed E-state index contributed by atoms with van der Waals surface area (Å²) in [6.45, 7) is 0. The maximum atomic E-state index is 8.53. The van der Waals surface area contributed by atoms with E-state index < -0.39 is 94.2 Å². The van der Waals surface area contributed by atoms with Crippen molar-refractivity contribution in [3.8, 4) is 0 Å². The molecule has 0 heterocycles. The molecule has 20 heteroatoms. The van der Waals surface area contributed by atoms with Crippen molar-refractivity contribution in [2.45, 2.75) is 0 Å². The van der Waals surface area contributed by atoms with E-state index in [1.165, 1.54) is 0 Å². The van der Waals surface area contributed by atoms with Gasteiger partial charge < -0.3 is 0 Å². The predicted molar refractivity (Wildman–Crippen MR) is 58.5 cm³/mol. The van der Waals surface area contributed by atoms with Crippen LogP contribution in [0, 0.1) is 0 Å². The van der Waals surface area contributed by atoms with Gasteiger partial charge in [0.2, 0.25) is 0 Å². The minimum absolute atomic E-state index is 0. The Bertz CT molecular complexity index is 119. The molecular formula is H6BiGe6O12Sb. The van der Waals surface area contributed by atoms with E-state index in [4.69, 9.17) is 47.5 Å². The van der Waals surface area contributed by atoms with E-state index in [9.17, 15) is 0 Å². The van der Waals surface area contributed by atoms with Gasteiger partial charge in [-0.2, -0.15) is 0 Å². The molecular weight excluding hydrogens is 958 g/mol. The van der Waals surface area contributed by atoms with Gasteiger partial charge >= 0.3 is 192 Å². The standard InChI is InChI=1S/Bi.6GeHO2.Sb/c;6*2-1-3;/h;6*1H;/q+3;6*-1;+3. The molecule has 0 saturated heterocycles. The van der Waals surface area contributed by atoms with Gasteiger partial charge in [0.05, 0.1) is 0 Å². The third-order valence-electron chi connectivity index (χ3n) is 0. The third kappa shape index (κ3) is 1200. The maximum absolute atomic E-state index is 8.53. The second-order valence-electron chi connectivity index (χ2n) is 0.577. The van der Waals surface area contributed by atoms with Crippen molar-refractivity contribution in [1.29, 1.82) is 0 Å². The molecule has 0 rings (SSSR count). The van der Waals surface area contributed by atoms with Crippen molar-refractivity contribution in [3.63, 3.8) is 0 Å². The molecule has 0 aromatic carbocycles. The fourth-order valence-corrected chi connectivity index (χ4v) is 0. The Morgan fingerprint density at radius 2 is 0.400 bits per heavy atom.